The zero-order valence-corrected chi connectivity index (χ0v) is 10.6. The minimum atomic E-state index is -0.449. The molecule has 1 aromatic carbocycles. The number of amides is 1. The van der Waals surface area contributed by atoms with Crippen molar-refractivity contribution in [1.29, 1.82) is 0 Å². The van der Waals surface area contributed by atoms with Gasteiger partial charge in [-0.15, -0.1) is 0 Å². The lowest BCUT2D eigenvalue weighted by molar-refractivity contribution is -0.121. The topological polar surface area (TPSA) is 41.1 Å². The molecule has 0 bridgehead atoms. The maximum atomic E-state index is 12.9. The van der Waals surface area contributed by atoms with Crippen molar-refractivity contribution in [3.63, 3.8) is 0 Å². The largest absolute Gasteiger partial charge is 0.384 e. The average molecular weight is 259 g/mol. The Kier molecular flexibility index (Phi) is 5.22. The summed E-state index contributed by atoms with van der Waals surface area (Å²) in [6, 6.07) is 4.51. The van der Waals surface area contributed by atoms with Crippen LogP contribution in [0.5, 0.6) is 0 Å². The third-order valence-corrected chi connectivity index (χ3v) is 2.34. The molecule has 0 unspecified atom stereocenters. The second-order valence-electron chi connectivity index (χ2n) is 4.03. The van der Waals surface area contributed by atoms with E-state index in [2.05, 4.69) is 10.6 Å². The van der Waals surface area contributed by atoms with Crippen LogP contribution in [0, 0.1) is 5.82 Å². The molecule has 0 aliphatic carbocycles. The summed E-state index contributed by atoms with van der Waals surface area (Å²) < 4.78 is 12.9. The first-order chi connectivity index (χ1) is 7.99. The minimum Gasteiger partial charge on any atom is -0.384 e. The lowest BCUT2D eigenvalue weighted by atomic mass is 10.3. The number of hydrogen-bond acceptors (Lipinski definition) is 2. The molecule has 0 radical (unpaired) electrons. The highest BCUT2D eigenvalue weighted by Gasteiger charge is 2.03. The predicted octanol–water partition coefficient (Wildman–Crippen LogP) is 2.81. The molecule has 2 N–H and O–H groups in total. The molecule has 17 heavy (non-hydrogen) atoms. The quantitative estimate of drug-likeness (QED) is 0.853. The lowest BCUT2D eigenvalue weighted by Crippen LogP contribution is -2.31. The number of carbonyl (C=O) groups excluding carboxylic acids is 1. The molecule has 0 saturated heterocycles. The fourth-order valence-corrected chi connectivity index (χ4v) is 1.50. The van der Waals surface area contributed by atoms with Crippen molar-refractivity contribution in [2.24, 2.45) is 0 Å². The number of halogens is 2. The third-order valence-electron chi connectivity index (χ3n) is 2.05. The molecule has 0 aliphatic heterocycles. The second-order valence-corrected chi connectivity index (χ2v) is 4.44. The number of hydrogen-bond donors (Lipinski definition) is 2. The minimum absolute atomic E-state index is 0.0132. The van der Waals surface area contributed by atoms with Crippen LogP contribution in [-0.4, -0.2) is 18.5 Å². The Hall–Kier alpha value is -1.29. The van der Waals surface area contributed by atoms with Gasteiger partial charge >= 0.3 is 0 Å². The SMILES string of the molecule is CC(C)NC(=O)CCNc1ccc(F)c(Cl)c1. The van der Waals surface area contributed by atoms with Gasteiger partial charge in [-0.25, -0.2) is 4.39 Å². The van der Waals surface area contributed by atoms with Crippen LogP contribution < -0.4 is 10.6 Å². The Labute approximate surface area is 105 Å². The molecular formula is C12H16ClFN2O. The van der Waals surface area contributed by atoms with Crippen molar-refractivity contribution in [2.45, 2.75) is 26.3 Å². The van der Waals surface area contributed by atoms with Crippen LogP contribution in [0.15, 0.2) is 18.2 Å². The van der Waals surface area contributed by atoms with Gasteiger partial charge in [-0.05, 0) is 32.0 Å². The normalized spacial score (nSPS) is 10.4. The summed E-state index contributed by atoms with van der Waals surface area (Å²) in [5.41, 5.74) is 0.703. The van der Waals surface area contributed by atoms with E-state index in [-0.39, 0.29) is 17.0 Å². The van der Waals surface area contributed by atoms with Crippen molar-refractivity contribution in [1.82, 2.24) is 5.32 Å². The molecule has 0 aliphatic rings. The van der Waals surface area contributed by atoms with E-state index in [1.807, 2.05) is 13.8 Å². The van der Waals surface area contributed by atoms with Crippen molar-refractivity contribution in [3.8, 4) is 0 Å². The first-order valence-electron chi connectivity index (χ1n) is 5.47. The molecule has 0 saturated carbocycles. The lowest BCUT2D eigenvalue weighted by Gasteiger charge is -2.09. The predicted molar refractivity (Wildman–Crippen MR) is 67.8 cm³/mol. The number of benzene rings is 1. The van der Waals surface area contributed by atoms with Crippen LogP contribution in [-0.2, 0) is 4.79 Å². The summed E-state index contributed by atoms with van der Waals surface area (Å²) in [5.74, 6) is -0.463. The summed E-state index contributed by atoms with van der Waals surface area (Å²) in [6.07, 6.45) is 0.368. The van der Waals surface area contributed by atoms with Gasteiger partial charge in [0.25, 0.3) is 0 Å². The second kappa shape index (κ2) is 6.45. The zero-order valence-electron chi connectivity index (χ0n) is 9.89. The third kappa shape index (κ3) is 5.04. The van der Waals surface area contributed by atoms with E-state index in [0.29, 0.717) is 18.7 Å². The van der Waals surface area contributed by atoms with E-state index in [4.69, 9.17) is 11.6 Å². The van der Waals surface area contributed by atoms with Crippen LogP contribution >= 0.6 is 11.6 Å². The van der Waals surface area contributed by atoms with E-state index in [1.54, 1.807) is 6.07 Å². The van der Waals surface area contributed by atoms with E-state index in [0.717, 1.165) is 0 Å². The summed E-state index contributed by atoms with van der Waals surface area (Å²) >= 11 is 5.63. The van der Waals surface area contributed by atoms with Crippen LogP contribution in [0.4, 0.5) is 10.1 Å². The highest BCUT2D eigenvalue weighted by atomic mass is 35.5. The summed E-state index contributed by atoms with van der Waals surface area (Å²) in [6.45, 7) is 4.30. The fourth-order valence-electron chi connectivity index (χ4n) is 1.32. The molecule has 1 aromatic rings. The van der Waals surface area contributed by atoms with Gasteiger partial charge in [0.15, 0.2) is 0 Å². The van der Waals surface area contributed by atoms with Crippen molar-refractivity contribution < 1.29 is 9.18 Å². The smallest absolute Gasteiger partial charge is 0.221 e. The first kappa shape index (κ1) is 13.8. The van der Waals surface area contributed by atoms with Gasteiger partial charge in [0.1, 0.15) is 5.82 Å². The Bertz CT molecular complexity index is 396. The first-order valence-corrected chi connectivity index (χ1v) is 5.85. The van der Waals surface area contributed by atoms with Crippen LogP contribution in [0.25, 0.3) is 0 Å². The van der Waals surface area contributed by atoms with Gasteiger partial charge in [-0.3, -0.25) is 4.79 Å². The molecule has 0 atom stereocenters. The maximum absolute atomic E-state index is 12.9. The molecular weight excluding hydrogens is 243 g/mol. The summed E-state index contributed by atoms with van der Waals surface area (Å²) in [4.78, 5) is 11.3. The van der Waals surface area contributed by atoms with E-state index in [9.17, 15) is 9.18 Å². The molecule has 1 amide bonds. The van der Waals surface area contributed by atoms with Crippen molar-refractivity contribution in [2.75, 3.05) is 11.9 Å². The van der Waals surface area contributed by atoms with Crippen molar-refractivity contribution in [3.05, 3.63) is 29.0 Å². The Balaban J connectivity index is 2.36. The molecule has 0 aromatic heterocycles. The molecule has 3 nitrogen and oxygen atoms in total. The standard InChI is InChI=1S/C12H16ClFN2O/c1-8(2)16-12(17)5-6-15-9-3-4-11(14)10(13)7-9/h3-4,7-8,15H,5-6H2,1-2H3,(H,16,17). The Morgan fingerprint density at radius 3 is 2.76 bits per heavy atom. The number of carbonyl (C=O) groups is 1. The van der Waals surface area contributed by atoms with E-state index >= 15 is 0 Å². The van der Waals surface area contributed by atoms with Gasteiger partial charge < -0.3 is 10.6 Å². The van der Waals surface area contributed by atoms with Crippen LogP contribution in [0.2, 0.25) is 5.02 Å². The molecule has 0 spiro atoms. The van der Waals surface area contributed by atoms with Crippen molar-refractivity contribution >= 4 is 23.2 Å². The van der Waals surface area contributed by atoms with Gasteiger partial charge in [-0.2, -0.15) is 0 Å². The van der Waals surface area contributed by atoms with Gasteiger partial charge in [0.2, 0.25) is 5.91 Å². The van der Waals surface area contributed by atoms with Gasteiger partial charge in [0, 0.05) is 24.7 Å². The Morgan fingerprint density at radius 2 is 2.18 bits per heavy atom. The Morgan fingerprint density at radius 1 is 1.47 bits per heavy atom. The maximum Gasteiger partial charge on any atom is 0.221 e. The number of rotatable bonds is 5. The molecule has 1 rings (SSSR count). The fraction of sp³-hybridized carbons (Fsp3) is 0.417. The zero-order chi connectivity index (χ0) is 12.8. The number of anilines is 1. The number of nitrogens with one attached hydrogen (secondary N) is 2. The van der Waals surface area contributed by atoms with Gasteiger partial charge in [0.05, 0.1) is 5.02 Å². The van der Waals surface area contributed by atoms with Crippen LogP contribution in [0.3, 0.4) is 0 Å². The highest BCUT2D eigenvalue weighted by Crippen LogP contribution is 2.19. The molecule has 94 valence electrons. The molecule has 0 heterocycles. The average Bonchev–Trinajstić information content (AvgIpc) is 2.22. The van der Waals surface area contributed by atoms with E-state index < -0.39 is 5.82 Å². The van der Waals surface area contributed by atoms with E-state index in [1.165, 1.54) is 12.1 Å². The molecule has 0 fully saturated rings. The molecule has 5 heteroatoms. The monoisotopic (exact) mass is 258 g/mol. The highest BCUT2D eigenvalue weighted by molar-refractivity contribution is 6.31. The summed E-state index contributed by atoms with van der Waals surface area (Å²) in [7, 11) is 0. The van der Waals surface area contributed by atoms with Gasteiger partial charge in [-0.1, -0.05) is 11.6 Å². The van der Waals surface area contributed by atoms with Crippen LogP contribution in [0.1, 0.15) is 20.3 Å². The summed E-state index contributed by atoms with van der Waals surface area (Å²) in [5, 5.41) is 5.86.